The van der Waals surface area contributed by atoms with Gasteiger partial charge in [-0.1, -0.05) is 46.5 Å². The normalized spacial score (nSPS) is 26.6. The van der Waals surface area contributed by atoms with Crippen LogP contribution in [0.3, 0.4) is 0 Å². The fourth-order valence-electron chi connectivity index (χ4n) is 15.7. The monoisotopic (exact) mass is 1070 g/mol. The van der Waals surface area contributed by atoms with Gasteiger partial charge < -0.3 is 52.5 Å². The quantitative estimate of drug-likeness (QED) is 0.0559. The smallest absolute Gasteiger partial charge is 0.343 e. The first-order chi connectivity index (χ1) is 37.7. The Morgan fingerprint density at radius 2 is 0.912 bits per heavy atom. The standard InChI is InChI=1S/C32H31N3O5.C31H31N5O4/c1-15-8-10-19-17(12-15)22-24-25(30(3,4)33(6)28(24)36)23-18-13-16(2)9-11-20(18)35-27(23)26(22)34(19)21-14-32(38,29(37)39-7)31(35,5)40-21;1-14-7-9-18-16(11-14)21-23-24(29(3,4)34(6)27(23)37)22-17-12-15(2)8-10-19(17)36-26(22)25(21)35(18)20-13-31(39,28(38)33-32)30(36,5)40-20/h8-13,21,38H,14H2,1-7H3;7-12,20,39H,13,32H2,1-6H3,(H,33,38). The molecule has 2 saturated heterocycles. The second-order valence-corrected chi connectivity index (χ2v) is 24.9. The van der Waals surface area contributed by atoms with E-state index in [0.29, 0.717) is 5.56 Å². The molecular weight excluding hydrogens is 1010 g/mol. The molecule has 408 valence electrons. The topological polar surface area (TPSA) is 201 Å². The van der Waals surface area contributed by atoms with Gasteiger partial charge in [-0.05, 0) is 118 Å². The molecule has 0 aliphatic carbocycles. The first-order valence-corrected chi connectivity index (χ1v) is 27.3. The number of aliphatic hydroxyl groups is 2. The molecule has 0 radical (unpaired) electrons. The third kappa shape index (κ3) is 5.20. The van der Waals surface area contributed by atoms with E-state index < -0.39 is 58.1 Å². The van der Waals surface area contributed by atoms with Crippen LogP contribution in [0.2, 0.25) is 0 Å². The maximum atomic E-state index is 14.2. The van der Waals surface area contributed by atoms with Crippen molar-refractivity contribution in [1.82, 2.24) is 33.5 Å². The molecule has 6 atom stereocenters. The van der Waals surface area contributed by atoms with E-state index in [4.69, 9.17) is 20.1 Å². The van der Waals surface area contributed by atoms with E-state index in [1.807, 2.05) is 103 Å². The lowest BCUT2D eigenvalue weighted by molar-refractivity contribution is -0.202. The van der Waals surface area contributed by atoms with Gasteiger partial charge in [0.1, 0.15) is 12.5 Å². The molecular formula is C63H62N8O9. The highest BCUT2D eigenvalue weighted by atomic mass is 16.6. The molecule has 0 saturated carbocycles. The second-order valence-electron chi connectivity index (χ2n) is 24.9. The van der Waals surface area contributed by atoms with Crippen LogP contribution in [-0.2, 0) is 46.3 Å². The summed E-state index contributed by atoms with van der Waals surface area (Å²) in [4.78, 5) is 58.7. The van der Waals surface area contributed by atoms with E-state index in [1.165, 1.54) is 7.11 Å². The first-order valence-electron chi connectivity index (χ1n) is 27.3. The number of aryl methyl sites for hydroxylation is 4. The number of benzene rings is 6. The number of carbonyl (C=O) groups is 4. The number of nitrogens with two attached hydrogens (primary N) is 1. The second kappa shape index (κ2) is 14.8. The number of aromatic nitrogens is 4. The number of nitrogens with zero attached hydrogens (tertiary/aromatic N) is 6. The van der Waals surface area contributed by atoms with Crippen molar-refractivity contribution in [3.8, 4) is 0 Å². The van der Waals surface area contributed by atoms with Crippen LogP contribution in [0.25, 0.3) is 87.2 Å². The lowest BCUT2D eigenvalue weighted by Gasteiger charge is -2.38. The number of amides is 3. The number of hydrazine groups is 1. The van der Waals surface area contributed by atoms with Gasteiger partial charge in [0.25, 0.3) is 17.7 Å². The Bertz CT molecular complexity index is 4390. The molecule has 6 aliphatic rings. The van der Waals surface area contributed by atoms with Crippen LogP contribution in [0.1, 0.15) is 121 Å². The van der Waals surface area contributed by atoms with Crippen molar-refractivity contribution < 1.29 is 43.6 Å². The molecule has 4 aromatic heterocycles. The fraction of sp³-hybridized carbons (Fsp3) is 0.365. The molecule has 16 rings (SSSR count). The molecule has 17 nitrogen and oxygen atoms in total. The van der Waals surface area contributed by atoms with Gasteiger partial charge >= 0.3 is 5.97 Å². The Hall–Kier alpha value is -7.80. The van der Waals surface area contributed by atoms with E-state index >= 15 is 0 Å². The molecule has 17 heteroatoms. The van der Waals surface area contributed by atoms with Crippen molar-refractivity contribution in [2.75, 3.05) is 21.2 Å². The molecule has 6 aliphatic heterocycles. The first kappa shape index (κ1) is 49.3. The number of ether oxygens (including phenoxy) is 3. The number of carbonyl (C=O) groups excluding carboxylic acids is 4. The van der Waals surface area contributed by atoms with Gasteiger partial charge in [0.05, 0.1) is 73.4 Å². The van der Waals surface area contributed by atoms with E-state index in [9.17, 15) is 29.4 Å². The lowest BCUT2D eigenvalue weighted by atomic mass is 9.86. The number of hydrogen-bond donors (Lipinski definition) is 4. The average Bonchev–Trinajstić information content (AvgIpc) is 4.38. The largest absolute Gasteiger partial charge is 0.467 e. The highest BCUT2D eigenvalue weighted by Crippen LogP contribution is 2.62. The minimum absolute atomic E-state index is 0.00578. The minimum atomic E-state index is -1.97. The van der Waals surface area contributed by atoms with Crippen molar-refractivity contribution in [3.05, 3.63) is 117 Å². The SMILES string of the molecule is COC(=O)C1(O)CC2OC1(C)n1c3ccc(C)cc3c3c4c(c5c6cc(C)ccc6n2c5c31)C(=O)N(C)C4(C)C.Cc1ccc2c(c1)c1c3c(c4c5cc(C)ccc5n5c4c1n2C1CC(O)(C(=O)NN)C5(C)O1)C(C)(C)N(C)C3=O. The van der Waals surface area contributed by atoms with Gasteiger partial charge in [-0.15, -0.1) is 0 Å². The van der Waals surface area contributed by atoms with Crippen LogP contribution in [0, 0.1) is 27.7 Å². The van der Waals surface area contributed by atoms with Crippen LogP contribution in [0.5, 0.6) is 0 Å². The molecule has 80 heavy (non-hydrogen) atoms. The predicted octanol–water partition coefficient (Wildman–Crippen LogP) is 9.52. The summed E-state index contributed by atoms with van der Waals surface area (Å²) in [7, 11) is 5.02. The molecule has 10 heterocycles. The summed E-state index contributed by atoms with van der Waals surface area (Å²) in [6.45, 7) is 20.0. The summed E-state index contributed by atoms with van der Waals surface area (Å²) < 4.78 is 27.0. The number of methoxy groups -OCH3 is 1. The van der Waals surface area contributed by atoms with E-state index in [-0.39, 0.29) is 24.7 Å². The molecule has 10 aromatic rings. The van der Waals surface area contributed by atoms with Crippen LogP contribution in [-0.4, -0.2) is 94.4 Å². The van der Waals surface area contributed by atoms with Crippen molar-refractivity contribution in [1.29, 1.82) is 0 Å². The Kier molecular flexibility index (Phi) is 9.09. The summed E-state index contributed by atoms with van der Waals surface area (Å²) in [5.41, 5.74) is 8.60. The van der Waals surface area contributed by atoms with Crippen molar-refractivity contribution >= 4 is 111 Å². The van der Waals surface area contributed by atoms with Gasteiger partial charge in [0, 0.05) is 81.2 Å². The summed E-state index contributed by atoms with van der Waals surface area (Å²) in [5, 5.41) is 31.9. The fourth-order valence-corrected chi connectivity index (χ4v) is 15.7. The number of hydrogen-bond acceptors (Lipinski definition) is 10. The molecule has 6 aromatic carbocycles. The molecule has 2 fully saturated rings. The van der Waals surface area contributed by atoms with E-state index in [2.05, 4.69) is 72.6 Å². The summed E-state index contributed by atoms with van der Waals surface area (Å²) >= 11 is 0. The summed E-state index contributed by atoms with van der Waals surface area (Å²) in [6.07, 6.45) is -1.35. The van der Waals surface area contributed by atoms with Gasteiger partial charge in [-0.3, -0.25) is 19.8 Å². The maximum absolute atomic E-state index is 14.2. The lowest BCUT2D eigenvalue weighted by Crippen LogP contribution is -2.60. The summed E-state index contributed by atoms with van der Waals surface area (Å²) in [5.74, 6) is 4.18. The maximum Gasteiger partial charge on any atom is 0.343 e. The Morgan fingerprint density at radius 3 is 1.29 bits per heavy atom. The van der Waals surface area contributed by atoms with Gasteiger partial charge in [-0.2, -0.15) is 0 Å². The van der Waals surface area contributed by atoms with Crippen LogP contribution < -0.4 is 11.3 Å². The highest BCUT2D eigenvalue weighted by molar-refractivity contribution is 6.33. The zero-order valence-corrected chi connectivity index (χ0v) is 47.0. The van der Waals surface area contributed by atoms with Gasteiger partial charge in [-0.25, -0.2) is 10.6 Å². The van der Waals surface area contributed by atoms with Gasteiger partial charge in [0.2, 0.25) is 5.60 Å². The van der Waals surface area contributed by atoms with Crippen LogP contribution >= 0.6 is 0 Å². The zero-order valence-electron chi connectivity index (χ0n) is 47.0. The third-order valence-corrected chi connectivity index (χ3v) is 20.1. The Morgan fingerprint density at radius 1 is 0.562 bits per heavy atom. The molecule has 6 unspecified atom stereocenters. The van der Waals surface area contributed by atoms with E-state index in [0.717, 1.165) is 126 Å². The minimum Gasteiger partial charge on any atom is -0.467 e. The van der Waals surface area contributed by atoms with E-state index in [1.54, 1.807) is 13.8 Å². The Labute approximate surface area is 458 Å². The van der Waals surface area contributed by atoms with Crippen LogP contribution in [0.15, 0.2) is 72.8 Å². The number of fused-ring (bicyclic) bond motifs is 26. The van der Waals surface area contributed by atoms with Crippen molar-refractivity contribution in [3.63, 3.8) is 0 Å². The van der Waals surface area contributed by atoms with Crippen molar-refractivity contribution in [2.24, 2.45) is 5.84 Å². The molecule has 3 amide bonds. The molecule has 5 N–H and O–H groups in total. The number of nitrogens with one attached hydrogen (secondary N) is 1. The average molecular weight is 1080 g/mol. The summed E-state index contributed by atoms with van der Waals surface area (Å²) in [6, 6.07) is 24.8. The van der Waals surface area contributed by atoms with Gasteiger partial charge in [0.15, 0.2) is 17.1 Å². The Balaban J connectivity index is 0.000000138. The van der Waals surface area contributed by atoms with Crippen molar-refractivity contribution in [2.45, 2.75) is 128 Å². The predicted molar refractivity (Wildman–Crippen MR) is 305 cm³/mol. The number of rotatable bonds is 2. The zero-order chi connectivity index (χ0) is 56.5. The number of esters is 1. The third-order valence-electron chi connectivity index (χ3n) is 20.1. The molecule has 0 spiro atoms. The molecule has 4 bridgehead atoms. The van der Waals surface area contributed by atoms with Crippen LogP contribution in [0.4, 0.5) is 0 Å². The highest BCUT2D eigenvalue weighted by Gasteiger charge is 2.67.